The Labute approximate surface area is 168 Å². The summed E-state index contributed by atoms with van der Waals surface area (Å²) < 4.78 is 0. The number of carboxylic acids is 1. The fraction of sp³-hybridized carbons (Fsp3) is 0.280. The second-order valence-corrected chi connectivity index (χ2v) is 7.44. The lowest BCUT2D eigenvalue weighted by molar-refractivity contribution is -0.113. The molecule has 1 atom stereocenters. The summed E-state index contributed by atoms with van der Waals surface area (Å²) in [6.45, 7) is 10.1. The first-order valence-electron chi connectivity index (χ1n) is 9.31. The van der Waals surface area contributed by atoms with Gasteiger partial charge < -0.3 is 9.90 Å². The zero-order chi connectivity index (χ0) is 21.2. The molecule has 148 valence electrons. The molecule has 0 saturated carbocycles. The number of aromatic carboxylic acids is 1. The van der Waals surface area contributed by atoms with Gasteiger partial charge in [-0.2, -0.15) is 0 Å². The van der Waals surface area contributed by atoms with Crippen LogP contribution in [0, 0.1) is 26.2 Å². The summed E-state index contributed by atoms with van der Waals surface area (Å²) in [4.78, 5) is 20.8. The highest BCUT2D eigenvalue weighted by Crippen LogP contribution is 2.26. The predicted octanol–water partition coefficient (Wildman–Crippen LogP) is 6.09. The van der Waals surface area contributed by atoms with Crippen LogP contribution in [0.3, 0.4) is 0 Å². The highest BCUT2D eigenvalue weighted by Gasteiger charge is 2.20. The number of carboxylic acid groups (broad SMARTS) is 1. The molecular formula is C25H30O3. The molecule has 0 heterocycles. The van der Waals surface area contributed by atoms with Crippen molar-refractivity contribution in [3.63, 3.8) is 0 Å². The Hall–Kier alpha value is -2.94. The summed E-state index contributed by atoms with van der Waals surface area (Å²) in [5.74, 6) is -0.875. The van der Waals surface area contributed by atoms with Crippen molar-refractivity contribution in [2.24, 2.45) is 5.41 Å². The van der Waals surface area contributed by atoms with Crippen molar-refractivity contribution in [1.29, 1.82) is 0 Å². The molecule has 0 aliphatic heterocycles. The average molecular weight is 379 g/mol. The zero-order valence-corrected chi connectivity index (χ0v) is 17.4. The van der Waals surface area contributed by atoms with Crippen LogP contribution < -0.4 is 0 Å². The zero-order valence-electron chi connectivity index (χ0n) is 17.4. The molecule has 3 heteroatoms. The van der Waals surface area contributed by atoms with Crippen LogP contribution in [0.1, 0.15) is 47.3 Å². The lowest BCUT2D eigenvalue weighted by Gasteiger charge is -2.19. The number of benzene rings is 2. The van der Waals surface area contributed by atoms with Gasteiger partial charge in [-0.3, -0.25) is 0 Å². The molecule has 3 rings (SSSR count). The minimum Gasteiger partial charge on any atom is -0.478 e. The predicted molar refractivity (Wildman–Crippen MR) is 116 cm³/mol. The maximum Gasteiger partial charge on any atom is 0.335 e. The van der Waals surface area contributed by atoms with Crippen LogP contribution in [0.5, 0.6) is 0 Å². The largest absolute Gasteiger partial charge is 0.478 e. The number of carbonyl (C=O) groups is 2. The molecule has 0 amide bonds. The SMILES string of the molecule is CC1=CCC(C)(C=O)C=C1.Cc1ccc(C(=O)O)cc1.Cc1ccc(C)cc1. The van der Waals surface area contributed by atoms with Crippen LogP contribution in [0.25, 0.3) is 0 Å². The van der Waals surface area contributed by atoms with Crippen LogP contribution in [-0.2, 0) is 4.79 Å². The first-order chi connectivity index (χ1) is 13.1. The van der Waals surface area contributed by atoms with Gasteiger partial charge in [0.2, 0.25) is 0 Å². The Morgan fingerprint density at radius 2 is 1.32 bits per heavy atom. The normalized spacial score (nSPS) is 17.2. The minimum atomic E-state index is -0.875. The molecule has 1 aliphatic carbocycles. The van der Waals surface area contributed by atoms with Crippen LogP contribution in [-0.4, -0.2) is 17.4 Å². The minimum absolute atomic E-state index is 0.237. The van der Waals surface area contributed by atoms with E-state index in [1.54, 1.807) is 24.3 Å². The molecule has 3 nitrogen and oxygen atoms in total. The molecule has 0 spiro atoms. The van der Waals surface area contributed by atoms with Crippen molar-refractivity contribution in [3.8, 4) is 0 Å². The third kappa shape index (κ3) is 8.63. The number of hydrogen-bond acceptors (Lipinski definition) is 2. The Bertz CT molecular complexity index is 806. The lowest BCUT2D eigenvalue weighted by atomic mass is 9.84. The number of aryl methyl sites for hydroxylation is 3. The Morgan fingerprint density at radius 1 is 0.893 bits per heavy atom. The molecule has 2 aromatic rings. The van der Waals surface area contributed by atoms with Gasteiger partial charge in [0.15, 0.2) is 0 Å². The molecule has 28 heavy (non-hydrogen) atoms. The molecule has 0 radical (unpaired) electrons. The van der Waals surface area contributed by atoms with E-state index in [-0.39, 0.29) is 5.41 Å². The third-order valence-electron chi connectivity index (χ3n) is 4.38. The summed E-state index contributed by atoms with van der Waals surface area (Å²) >= 11 is 0. The third-order valence-corrected chi connectivity index (χ3v) is 4.38. The molecule has 0 bridgehead atoms. The molecule has 0 saturated heterocycles. The van der Waals surface area contributed by atoms with E-state index < -0.39 is 5.97 Å². The van der Waals surface area contributed by atoms with E-state index >= 15 is 0 Å². The van der Waals surface area contributed by atoms with Gasteiger partial charge in [-0.15, -0.1) is 0 Å². The van der Waals surface area contributed by atoms with Crippen molar-refractivity contribution in [3.05, 3.63) is 94.6 Å². The van der Waals surface area contributed by atoms with E-state index in [1.807, 2.05) is 32.9 Å². The van der Waals surface area contributed by atoms with Gasteiger partial charge in [0.1, 0.15) is 6.29 Å². The van der Waals surface area contributed by atoms with E-state index in [4.69, 9.17) is 5.11 Å². The first-order valence-corrected chi connectivity index (χ1v) is 9.31. The maximum atomic E-state index is 10.5. The Kier molecular flexibility index (Phi) is 9.10. The highest BCUT2D eigenvalue weighted by atomic mass is 16.4. The molecular weight excluding hydrogens is 348 g/mol. The quantitative estimate of drug-likeness (QED) is 0.643. The fourth-order valence-corrected chi connectivity index (χ4v) is 2.26. The van der Waals surface area contributed by atoms with Gasteiger partial charge >= 0.3 is 5.97 Å². The van der Waals surface area contributed by atoms with Crippen LogP contribution in [0.15, 0.2) is 72.3 Å². The first kappa shape index (κ1) is 23.1. The second-order valence-electron chi connectivity index (χ2n) is 7.44. The number of allylic oxidation sites excluding steroid dienone is 4. The summed E-state index contributed by atoms with van der Waals surface area (Å²) in [5, 5.41) is 8.48. The van der Waals surface area contributed by atoms with Crippen LogP contribution in [0.2, 0.25) is 0 Å². The number of carbonyl (C=O) groups excluding carboxylic acids is 1. The van der Waals surface area contributed by atoms with Gasteiger partial charge in [-0.25, -0.2) is 4.79 Å². The van der Waals surface area contributed by atoms with E-state index in [2.05, 4.69) is 44.2 Å². The van der Waals surface area contributed by atoms with Crippen molar-refractivity contribution < 1.29 is 14.7 Å². The summed E-state index contributed by atoms with van der Waals surface area (Å²) in [6, 6.07) is 15.2. The van der Waals surface area contributed by atoms with Gasteiger partial charge in [-0.05, 0) is 53.2 Å². The van der Waals surface area contributed by atoms with Gasteiger partial charge in [0, 0.05) is 5.41 Å². The van der Waals surface area contributed by atoms with Crippen LogP contribution >= 0.6 is 0 Å². The van der Waals surface area contributed by atoms with Crippen LogP contribution in [0.4, 0.5) is 0 Å². The van der Waals surface area contributed by atoms with Crippen molar-refractivity contribution in [2.75, 3.05) is 0 Å². The molecule has 1 N–H and O–H groups in total. The van der Waals surface area contributed by atoms with E-state index in [0.29, 0.717) is 5.56 Å². The molecule has 0 aromatic heterocycles. The average Bonchev–Trinajstić information content (AvgIpc) is 2.68. The topological polar surface area (TPSA) is 54.4 Å². The van der Waals surface area contributed by atoms with E-state index in [0.717, 1.165) is 18.3 Å². The van der Waals surface area contributed by atoms with Gasteiger partial charge in [-0.1, -0.05) is 76.9 Å². The Morgan fingerprint density at radius 3 is 1.64 bits per heavy atom. The van der Waals surface area contributed by atoms with Gasteiger partial charge in [0.25, 0.3) is 0 Å². The second kappa shape index (κ2) is 11.0. The monoisotopic (exact) mass is 378 g/mol. The highest BCUT2D eigenvalue weighted by molar-refractivity contribution is 5.87. The maximum absolute atomic E-state index is 10.5. The molecule has 0 fully saturated rings. The van der Waals surface area contributed by atoms with Crippen molar-refractivity contribution in [1.82, 2.24) is 0 Å². The lowest BCUT2D eigenvalue weighted by Crippen LogP contribution is -2.15. The summed E-state index contributed by atoms with van der Waals surface area (Å²) in [5.41, 5.74) is 5.08. The Balaban J connectivity index is 0.000000212. The molecule has 1 unspecified atom stereocenters. The van der Waals surface area contributed by atoms with E-state index in [1.165, 1.54) is 16.7 Å². The number of hydrogen-bond donors (Lipinski definition) is 1. The fourth-order valence-electron chi connectivity index (χ4n) is 2.26. The van der Waals surface area contributed by atoms with Crippen molar-refractivity contribution >= 4 is 12.3 Å². The molecule has 1 aliphatic rings. The number of aldehydes is 1. The standard InChI is InChI=1S/C9H12O.C8H8O2.C8H10/c1-8-3-5-9(2,7-10)6-4-8;1-6-2-4-7(5-3-6)8(9)10;1-7-3-5-8(2)6-4-7/h3-5,7H,6H2,1-2H3;2-5H,1H3,(H,9,10);3-6H,1-2H3. The smallest absolute Gasteiger partial charge is 0.335 e. The summed E-state index contributed by atoms with van der Waals surface area (Å²) in [7, 11) is 0. The van der Waals surface area contributed by atoms with Gasteiger partial charge in [0.05, 0.1) is 5.56 Å². The van der Waals surface area contributed by atoms with E-state index in [9.17, 15) is 9.59 Å². The molecule has 2 aromatic carbocycles. The number of rotatable bonds is 2. The van der Waals surface area contributed by atoms with Crippen molar-refractivity contribution in [2.45, 2.75) is 41.0 Å². The summed E-state index contributed by atoms with van der Waals surface area (Å²) in [6.07, 6.45) is 7.91.